The molecule has 1 N–H and O–H groups in total. The average Bonchev–Trinajstić information content (AvgIpc) is 2.89. The first-order valence-electron chi connectivity index (χ1n) is 6.35. The maximum absolute atomic E-state index is 12.5. The normalized spacial score (nSPS) is 22.1. The summed E-state index contributed by atoms with van der Waals surface area (Å²) in [6.07, 6.45) is 6.22. The van der Waals surface area contributed by atoms with Gasteiger partial charge in [0.1, 0.15) is 5.54 Å². The highest BCUT2D eigenvalue weighted by molar-refractivity contribution is 7.15. The molecular formula is C12H14ClN3O2S. The summed E-state index contributed by atoms with van der Waals surface area (Å²) in [6.45, 7) is 0.261. The van der Waals surface area contributed by atoms with Gasteiger partial charge in [-0.1, -0.05) is 30.9 Å². The molecule has 2 heterocycles. The van der Waals surface area contributed by atoms with Gasteiger partial charge in [-0.3, -0.25) is 9.69 Å². The van der Waals surface area contributed by atoms with Crippen molar-refractivity contribution in [2.24, 2.45) is 0 Å². The molecular weight excluding hydrogens is 286 g/mol. The van der Waals surface area contributed by atoms with Gasteiger partial charge in [0.05, 0.1) is 6.54 Å². The summed E-state index contributed by atoms with van der Waals surface area (Å²) in [5, 5.41) is 2.88. The predicted molar refractivity (Wildman–Crippen MR) is 72.0 cm³/mol. The first kappa shape index (κ1) is 12.9. The van der Waals surface area contributed by atoms with E-state index < -0.39 is 5.54 Å². The number of carbonyl (C=O) groups excluding carboxylic acids is 2. The van der Waals surface area contributed by atoms with Gasteiger partial charge < -0.3 is 5.32 Å². The van der Waals surface area contributed by atoms with Crippen LogP contribution >= 0.6 is 22.9 Å². The number of hydrogen-bond acceptors (Lipinski definition) is 4. The van der Waals surface area contributed by atoms with E-state index in [0.717, 1.165) is 37.0 Å². The van der Waals surface area contributed by atoms with Gasteiger partial charge in [-0.2, -0.15) is 0 Å². The summed E-state index contributed by atoms with van der Waals surface area (Å²) in [5.41, 5.74) is -0.649. The lowest BCUT2D eigenvalue weighted by molar-refractivity contribution is -0.132. The molecule has 3 rings (SSSR count). The summed E-state index contributed by atoms with van der Waals surface area (Å²) in [6, 6.07) is -0.295. The molecule has 1 aliphatic heterocycles. The van der Waals surface area contributed by atoms with E-state index >= 15 is 0 Å². The van der Waals surface area contributed by atoms with E-state index in [-0.39, 0.29) is 18.5 Å². The standard InChI is InChI=1S/C12H14ClN3O2S/c13-10-14-6-8(19-10)7-16-9(17)12(15-11(16)18)4-2-1-3-5-12/h6H,1-5,7H2,(H,15,18). The van der Waals surface area contributed by atoms with E-state index in [9.17, 15) is 9.59 Å². The number of halogens is 1. The van der Waals surface area contributed by atoms with Gasteiger partial charge in [0.15, 0.2) is 4.47 Å². The Balaban J connectivity index is 1.79. The van der Waals surface area contributed by atoms with Crippen molar-refractivity contribution in [1.82, 2.24) is 15.2 Å². The van der Waals surface area contributed by atoms with Gasteiger partial charge in [0.2, 0.25) is 0 Å². The SMILES string of the molecule is O=C1NC2(CCCCC2)C(=O)N1Cc1cnc(Cl)s1. The third-order valence-corrected chi connectivity index (χ3v) is 4.89. The predicted octanol–water partition coefficient (Wildman–Crippen LogP) is 2.55. The van der Waals surface area contributed by atoms with Crippen molar-refractivity contribution in [1.29, 1.82) is 0 Å². The summed E-state index contributed by atoms with van der Waals surface area (Å²) < 4.78 is 0.425. The zero-order chi connectivity index (χ0) is 13.5. The van der Waals surface area contributed by atoms with Crippen molar-refractivity contribution in [3.05, 3.63) is 15.5 Å². The van der Waals surface area contributed by atoms with E-state index in [1.165, 1.54) is 16.2 Å². The molecule has 1 saturated heterocycles. The lowest BCUT2D eigenvalue weighted by Gasteiger charge is -2.30. The summed E-state index contributed by atoms with van der Waals surface area (Å²) in [7, 11) is 0. The molecule has 1 spiro atoms. The van der Waals surface area contributed by atoms with Crippen LogP contribution in [-0.2, 0) is 11.3 Å². The molecule has 0 unspecified atom stereocenters. The molecule has 2 aliphatic rings. The van der Waals surface area contributed by atoms with Crippen LogP contribution in [0.1, 0.15) is 37.0 Å². The van der Waals surface area contributed by atoms with E-state index in [1.807, 2.05) is 0 Å². The number of aromatic nitrogens is 1. The van der Waals surface area contributed by atoms with Gasteiger partial charge in [0.25, 0.3) is 5.91 Å². The number of thiazole rings is 1. The summed E-state index contributed by atoms with van der Waals surface area (Å²) in [4.78, 5) is 30.5. The van der Waals surface area contributed by atoms with E-state index in [0.29, 0.717) is 4.47 Å². The lowest BCUT2D eigenvalue weighted by atomic mass is 9.82. The molecule has 1 aliphatic carbocycles. The van der Waals surface area contributed by atoms with Gasteiger partial charge in [0, 0.05) is 11.1 Å². The molecule has 0 aromatic carbocycles. The maximum atomic E-state index is 12.5. The minimum atomic E-state index is -0.649. The first-order valence-corrected chi connectivity index (χ1v) is 7.54. The molecule has 19 heavy (non-hydrogen) atoms. The third kappa shape index (κ3) is 2.23. The minimum Gasteiger partial charge on any atom is -0.323 e. The van der Waals surface area contributed by atoms with Gasteiger partial charge in [-0.15, -0.1) is 11.3 Å². The molecule has 1 aromatic heterocycles. The fraction of sp³-hybridized carbons (Fsp3) is 0.583. The Hall–Kier alpha value is -1.14. The zero-order valence-corrected chi connectivity index (χ0v) is 11.9. The van der Waals surface area contributed by atoms with Crippen LogP contribution in [-0.4, -0.2) is 27.4 Å². The topological polar surface area (TPSA) is 62.3 Å². The molecule has 102 valence electrons. The number of hydrogen-bond donors (Lipinski definition) is 1. The van der Waals surface area contributed by atoms with Crippen LogP contribution in [0.2, 0.25) is 4.47 Å². The van der Waals surface area contributed by atoms with Gasteiger partial charge in [-0.25, -0.2) is 9.78 Å². The highest BCUT2D eigenvalue weighted by atomic mass is 35.5. The number of carbonyl (C=O) groups is 2. The number of nitrogens with one attached hydrogen (secondary N) is 1. The Morgan fingerprint density at radius 1 is 1.37 bits per heavy atom. The molecule has 7 heteroatoms. The molecule has 0 bridgehead atoms. The van der Waals surface area contributed by atoms with E-state index in [4.69, 9.17) is 11.6 Å². The van der Waals surface area contributed by atoms with Crippen LogP contribution in [0.15, 0.2) is 6.20 Å². The van der Waals surface area contributed by atoms with Crippen molar-refractivity contribution < 1.29 is 9.59 Å². The Morgan fingerprint density at radius 2 is 2.11 bits per heavy atom. The summed E-state index contributed by atoms with van der Waals surface area (Å²) in [5.74, 6) is -0.0956. The second kappa shape index (κ2) is 4.76. The summed E-state index contributed by atoms with van der Waals surface area (Å²) >= 11 is 7.06. The fourth-order valence-corrected chi connectivity index (χ4v) is 3.79. The fourth-order valence-electron chi connectivity index (χ4n) is 2.83. The van der Waals surface area contributed by atoms with Crippen molar-refractivity contribution >= 4 is 34.9 Å². The molecule has 5 nitrogen and oxygen atoms in total. The van der Waals surface area contributed by atoms with E-state index in [2.05, 4.69) is 10.3 Å². The van der Waals surface area contributed by atoms with Crippen molar-refractivity contribution in [3.8, 4) is 0 Å². The number of rotatable bonds is 2. The molecule has 0 atom stereocenters. The number of amides is 3. The molecule has 3 amide bonds. The van der Waals surface area contributed by atoms with Crippen LogP contribution in [0.4, 0.5) is 4.79 Å². The van der Waals surface area contributed by atoms with E-state index in [1.54, 1.807) is 6.20 Å². The third-order valence-electron chi connectivity index (χ3n) is 3.79. The molecule has 0 radical (unpaired) electrons. The van der Waals surface area contributed by atoms with Gasteiger partial charge in [-0.05, 0) is 12.8 Å². The van der Waals surface area contributed by atoms with Crippen LogP contribution < -0.4 is 5.32 Å². The Kier molecular flexibility index (Phi) is 3.22. The largest absolute Gasteiger partial charge is 0.325 e. The minimum absolute atomic E-state index is 0.0956. The van der Waals surface area contributed by atoms with Crippen molar-refractivity contribution in [3.63, 3.8) is 0 Å². The Labute approximate surface area is 120 Å². The van der Waals surface area contributed by atoms with Crippen LogP contribution in [0.5, 0.6) is 0 Å². The quantitative estimate of drug-likeness (QED) is 0.854. The van der Waals surface area contributed by atoms with Crippen molar-refractivity contribution in [2.45, 2.75) is 44.2 Å². The second-order valence-electron chi connectivity index (χ2n) is 5.04. The number of urea groups is 1. The number of nitrogens with zero attached hydrogens (tertiary/aromatic N) is 2. The highest BCUT2D eigenvalue weighted by Gasteiger charge is 2.51. The van der Waals surface area contributed by atoms with Gasteiger partial charge >= 0.3 is 6.03 Å². The monoisotopic (exact) mass is 299 g/mol. The zero-order valence-electron chi connectivity index (χ0n) is 10.3. The average molecular weight is 300 g/mol. The number of imide groups is 1. The Morgan fingerprint density at radius 3 is 2.74 bits per heavy atom. The van der Waals surface area contributed by atoms with Crippen LogP contribution in [0, 0.1) is 0 Å². The molecule has 2 fully saturated rings. The maximum Gasteiger partial charge on any atom is 0.325 e. The second-order valence-corrected chi connectivity index (χ2v) is 6.74. The smallest absolute Gasteiger partial charge is 0.323 e. The lowest BCUT2D eigenvalue weighted by Crippen LogP contribution is -2.48. The van der Waals surface area contributed by atoms with Crippen molar-refractivity contribution in [2.75, 3.05) is 0 Å². The Bertz CT molecular complexity index is 525. The van der Waals surface area contributed by atoms with Crippen LogP contribution in [0.25, 0.3) is 0 Å². The van der Waals surface area contributed by atoms with Crippen LogP contribution in [0.3, 0.4) is 0 Å². The first-order chi connectivity index (χ1) is 9.11. The highest BCUT2D eigenvalue weighted by Crippen LogP contribution is 2.34. The molecule has 1 saturated carbocycles. The molecule has 1 aromatic rings.